The van der Waals surface area contributed by atoms with Gasteiger partial charge < -0.3 is 15.0 Å². The molecule has 6 nitrogen and oxygen atoms in total. The number of rotatable bonds is 4. The predicted octanol–water partition coefficient (Wildman–Crippen LogP) is 0.375. The largest absolute Gasteiger partial charge is 0.394 e. The van der Waals surface area contributed by atoms with E-state index >= 15 is 0 Å². The predicted molar refractivity (Wildman–Crippen MR) is 76.2 cm³/mol. The lowest BCUT2D eigenvalue weighted by Gasteiger charge is -2.35. The van der Waals surface area contributed by atoms with E-state index < -0.39 is 0 Å². The number of fused-ring (bicyclic) bond motifs is 1. The normalized spacial score (nSPS) is 30.9. The van der Waals surface area contributed by atoms with E-state index in [2.05, 4.69) is 38.8 Å². The molecule has 3 rings (SSSR count). The molecule has 2 unspecified atom stereocenters. The molecule has 1 aliphatic carbocycles. The first-order valence-corrected chi connectivity index (χ1v) is 7.61. The quantitative estimate of drug-likeness (QED) is 0.834. The van der Waals surface area contributed by atoms with E-state index in [0.717, 1.165) is 44.7 Å². The van der Waals surface area contributed by atoms with Crippen LogP contribution in [0.2, 0.25) is 0 Å². The Morgan fingerprint density at radius 3 is 3.10 bits per heavy atom. The van der Waals surface area contributed by atoms with Crippen molar-refractivity contribution in [2.24, 2.45) is 0 Å². The van der Waals surface area contributed by atoms with E-state index in [1.54, 1.807) is 0 Å². The van der Waals surface area contributed by atoms with Gasteiger partial charge in [0, 0.05) is 30.7 Å². The Hall–Kier alpha value is -0.980. The molecule has 112 valence electrons. The molecule has 0 spiro atoms. The van der Waals surface area contributed by atoms with Crippen molar-refractivity contribution >= 4 is 0 Å². The molecule has 6 heteroatoms. The van der Waals surface area contributed by atoms with Gasteiger partial charge in [-0.15, -0.1) is 10.2 Å². The number of nitrogens with one attached hydrogen (secondary N) is 1. The van der Waals surface area contributed by atoms with Crippen molar-refractivity contribution in [3.05, 3.63) is 12.2 Å². The van der Waals surface area contributed by atoms with Crippen molar-refractivity contribution in [1.29, 1.82) is 0 Å². The molecule has 1 fully saturated rings. The van der Waals surface area contributed by atoms with Crippen LogP contribution in [-0.2, 0) is 13.1 Å². The lowest BCUT2D eigenvalue weighted by molar-refractivity contribution is 0.120. The number of aliphatic hydroxyl groups is 1. The molecule has 20 heavy (non-hydrogen) atoms. The molecular formula is C14H25N5O. The summed E-state index contributed by atoms with van der Waals surface area (Å²) < 4.78 is 2.14. The number of nitrogens with zero attached hydrogens (tertiary/aromatic N) is 4. The van der Waals surface area contributed by atoms with E-state index in [9.17, 15) is 5.11 Å². The van der Waals surface area contributed by atoms with E-state index in [0.29, 0.717) is 12.1 Å². The van der Waals surface area contributed by atoms with Gasteiger partial charge in [-0.1, -0.05) is 13.8 Å². The molecule has 0 saturated heterocycles. The minimum absolute atomic E-state index is 0.0933. The van der Waals surface area contributed by atoms with Gasteiger partial charge in [-0.3, -0.25) is 4.90 Å². The highest BCUT2D eigenvalue weighted by Gasteiger charge is 2.41. The summed E-state index contributed by atoms with van der Waals surface area (Å²) in [5.74, 6) is 1.06. The molecule has 2 aliphatic rings. The molecule has 1 aliphatic heterocycles. The van der Waals surface area contributed by atoms with Gasteiger partial charge in [-0.2, -0.15) is 0 Å². The van der Waals surface area contributed by atoms with Crippen LogP contribution in [0.25, 0.3) is 0 Å². The Balaban J connectivity index is 1.65. The number of aromatic nitrogens is 3. The van der Waals surface area contributed by atoms with Gasteiger partial charge in [0.2, 0.25) is 0 Å². The summed E-state index contributed by atoms with van der Waals surface area (Å²) in [6.07, 6.45) is 5.04. The zero-order chi connectivity index (χ0) is 14.2. The molecule has 0 radical (unpaired) electrons. The minimum atomic E-state index is -0.0933. The molecule has 2 atom stereocenters. The minimum Gasteiger partial charge on any atom is -0.394 e. The summed E-state index contributed by atoms with van der Waals surface area (Å²) in [5, 5.41) is 21.5. The standard InChI is InChI=1S/C14H25N5O/c1-11(2)16-14(9-20)4-3-12(7-14)18-5-6-19-10-15-17-13(19)8-18/h10-12,16,20H,3-9H2,1-2H3. The van der Waals surface area contributed by atoms with Crippen molar-refractivity contribution in [2.75, 3.05) is 13.2 Å². The van der Waals surface area contributed by atoms with E-state index in [-0.39, 0.29) is 12.1 Å². The van der Waals surface area contributed by atoms with Crippen LogP contribution in [0, 0.1) is 0 Å². The number of hydrogen-bond donors (Lipinski definition) is 2. The van der Waals surface area contributed by atoms with E-state index in [4.69, 9.17) is 0 Å². The van der Waals surface area contributed by atoms with Crippen molar-refractivity contribution in [3.8, 4) is 0 Å². The summed E-state index contributed by atoms with van der Waals surface area (Å²) in [6.45, 7) is 7.43. The topological polar surface area (TPSA) is 66.2 Å². The Morgan fingerprint density at radius 2 is 2.35 bits per heavy atom. The lowest BCUT2D eigenvalue weighted by Crippen LogP contribution is -2.51. The van der Waals surface area contributed by atoms with Gasteiger partial charge in [0.15, 0.2) is 0 Å². The molecule has 0 aromatic carbocycles. The van der Waals surface area contributed by atoms with Crippen molar-refractivity contribution in [1.82, 2.24) is 25.0 Å². The number of aliphatic hydroxyl groups excluding tert-OH is 1. The molecule has 1 aromatic heterocycles. The van der Waals surface area contributed by atoms with E-state index in [1.165, 1.54) is 0 Å². The molecule has 2 heterocycles. The van der Waals surface area contributed by atoms with E-state index in [1.807, 2.05) is 6.33 Å². The second-order valence-corrected chi connectivity index (χ2v) is 6.55. The van der Waals surface area contributed by atoms with Crippen molar-refractivity contribution in [3.63, 3.8) is 0 Å². The van der Waals surface area contributed by atoms with Crippen LogP contribution in [0.1, 0.15) is 38.9 Å². The highest BCUT2D eigenvalue weighted by molar-refractivity contribution is 5.02. The van der Waals surface area contributed by atoms with Gasteiger partial charge in [0.05, 0.1) is 13.2 Å². The van der Waals surface area contributed by atoms with Gasteiger partial charge in [0.25, 0.3) is 0 Å². The van der Waals surface area contributed by atoms with Crippen LogP contribution in [0.15, 0.2) is 6.33 Å². The fourth-order valence-electron chi connectivity index (χ4n) is 3.74. The highest BCUT2D eigenvalue weighted by Crippen LogP contribution is 2.34. The zero-order valence-corrected chi connectivity index (χ0v) is 12.4. The van der Waals surface area contributed by atoms with Crippen LogP contribution in [0.3, 0.4) is 0 Å². The maximum absolute atomic E-state index is 9.80. The third-order valence-electron chi connectivity index (χ3n) is 4.66. The molecule has 0 amide bonds. The SMILES string of the molecule is CC(C)NC1(CO)CCC(N2CCn3cnnc3C2)C1. The van der Waals surface area contributed by atoms with Crippen LogP contribution < -0.4 is 5.32 Å². The Labute approximate surface area is 120 Å². The fraction of sp³-hybridized carbons (Fsp3) is 0.857. The average molecular weight is 279 g/mol. The molecular weight excluding hydrogens is 254 g/mol. The molecule has 1 saturated carbocycles. The Morgan fingerprint density at radius 1 is 1.50 bits per heavy atom. The molecule has 1 aromatic rings. The molecule has 0 bridgehead atoms. The van der Waals surface area contributed by atoms with Gasteiger partial charge in [-0.25, -0.2) is 0 Å². The summed E-state index contributed by atoms with van der Waals surface area (Å²) in [4.78, 5) is 2.50. The highest BCUT2D eigenvalue weighted by atomic mass is 16.3. The Bertz CT molecular complexity index is 460. The first-order chi connectivity index (χ1) is 9.62. The first kappa shape index (κ1) is 14.0. The maximum Gasteiger partial charge on any atom is 0.147 e. The van der Waals surface area contributed by atoms with Gasteiger partial charge in [-0.05, 0) is 19.3 Å². The zero-order valence-electron chi connectivity index (χ0n) is 12.4. The summed E-state index contributed by atoms with van der Waals surface area (Å²) in [5.41, 5.74) is -0.0933. The van der Waals surface area contributed by atoms with Crippen molar-refractivity contribution < 1.29 is 5.11 Å². The average Bonchev–Trinajstić information content (AvgIpc) is 3.04. The van der Waals surface area contributed by atoms with Crippen molar-refractivity contribution in [2.45, 2.75) is 63.8 Å². The maximum atomic E-state index is 9.80. The summed E-state index contributed by atoms with van der Waals surface area (Å²) >= 11 is 0. The van der Waals surface area contributed by atoms with Gasteiger partial charge in [0.1, 0.15) is 12.2 Å². The second kappa shape index (κ2) is 5.42. The van der Waals surface area contributed by atoms with Crippen LogP contribution >= 0.6 is 0 Å². The number of hydrogen-bond acceptors (Lipinski definition) is 5. The monoisotopic (exact) mass is 279 g/mol. The van der Waals surface area contributed by atoms with Gasteiger partial charge >= 0.3 is 0 Å². The third kappa shape index (κ3) is 2.60. The summed E-state index contributed by atoms with van der Waals surface area (Å²) in [6, 6.07) is 0.948. The summed E-state index contributed by atoms with van der Waals surface area (Å²) in [7, 11) is 0. The van der Waals surface area contributed by atoms with Crippen LogP contribution in [-0.4, -0.2) is 55.5 Å². The molecule has 2 N–H and O–H groups in total. The smallest absolute Gasteiger partial charge is 0.147 e. The van der Waals surface area contributed by atoms with Crippen LogP contribution in [0.5, 0.6) is 0 Å². The second-order valence-electron chi connectivity index (χ2n) is 6.55. The third-order valence-corrected chi connectivity index (χ3v) is 4.66. The fourth-order valence-corrected chi connectivity index (χ4v) is 3.74. The first-order valence-electron chi connectivity index (χ1n) is 7.61. The lowest BCUT2D eigenvalue weighted by atomic mass is 9.97. The Kier molecular flexibility index (Phi) is 3.79. The van der Waals surface area contributed by atoms with Crippen LogP contribution in [0.4, 0.5) is 0 Å².